The Kier molecular flexibility index (Phi) is 3.91. The topological polar surface area (TPSA) is 26.3 Å². The van der Waals surface area contributed by atoms with E-state index in [0.29, 0.717) is 11.1 Å². The Morgan fingerprint density at radius 2 is 2.00 bits per heavy atom. The van der Waals surface area contributed by atoms with E-state index in [9.17, 15) is 9.18 Å². The first kappa shape index (κ1) is 14.8. The number of hydrogen-bond donors (Lipinski definition) is 0. The number of hydrogen-bond acceptors (Lipinski definition) is 2. The van der Waals surface area contributed by atoms with E-state index in [2.05, 4.69) is 0 Å². The summed E-state index contributed by atoms with van der Waals surface area (Å²) in [6, 6.07) is 6.72. The molecule has 0 saturated heterocycles. The van der Waals surface area contributed by atoms with Crippen LogP contribution in [0.15, 0.2) is 24.3 Å². The standard InChI is InChI=1S/C15H18FIO2/c1-14(2,3)19-13(18)10-5-4-6-12(9-10)15(16,17)11-7-8-11/h4-6,9,11H,7-8H2,1-3H3. The number of carbonyl (C=O) groups is 1. The largest absolute Gasteiger partial charge is 0.456 e. The van der Waals surface area contributed by atoms with Crippen molar-refractivity contribution in [3.8, 4) is 0 Å². The summed E-state index contributed by atoms with van der Waals surface area (Å²) in [5.74, 6) is -0.334. The lowest BCUT2D eigenvalue weighted by molar-refractivity contribution is 0.00693. The lowest BCUT2D eigenvalue weighted by Crippen LogP contribution is -2.24. The van der Waals surface area contributed by atoms with Gasteiger partial charge in [0.15, 0.2) is 3.68 Å². The molecule has 0 radical (unpaired) electrons. The zero-order valence-electron chi connectivity index (χ0n) is 11.4. The maximum absolute atomic E-state index is 14.6. The lowest BCUT2D eigenvalue weighted by Gasteiger charge is -2.21. The third-order valence-electron chi connectivity index (χ3n) is 2.97. The minimum absolute atomic E-state index is 0.0713. The fourth-order valence-corrected chi connectivity index (χ4v) is 2.83. The molecule has 1 aromatic carbocycles. The monoisotopic (exact) mass is 376 g/mol. The maximum atomic E-state index is 14.6. The number of benzene rings is 1. The van der Waals surface area contributed by atoms with Crippen LogP contribution in [-0.4, -0.2) is 11.6 Å². The van der Waals surface area contributed by atoms with Crippen LogP contribution in [0.1, 0.15) is 49.5 Å². The normalized spacial score (nSPS) is 18.8. The van der Waals surface area contributed by atoms with E-state index in [1.54, 1.807) is 24.3 Å². The van der Waals surface area contributed by atoms with Crippen molar-refractivity contribution in [2.75, 3.05) is 0 Å². The molecule has 0 aromatic heterocycles. The molecule has 1 fully saturated rings. The van der Waals surface area contributed by atoms with Gasteiger partial charge in [-0.1, -0.05) is 12.1 Å². The number of ether oxygens (including phenoxy) is 1. The highest BCUT2D eigenvalue weighted by Gasteiger charge is 2.45. The molecule has 0 amide bonds. The lowest BCUT2D eigenvalue weighted by atomic mass is 10.0. The molecule has 2 nitrogen and oxygen atoms in total. The third-order valence-corrected chi connectivity index (χ3v) is 4.48. The number of carbonyl (C=O) groups excluding carboxylic acids is 1. The molecule has 2 rings (SSSR count). The zero-order valence-corrected chi connectivity index (χ0v) is 13.5. The Hall–Kier alpha value is -0.650. The van der Waals surface area contributed by atoms with Crippen molar-refractivity contribution in [3.05, 3.63) is 35.4 Å². The number of alkyl halides is 2. The highest BCUT2D eigenvalue weighted by atomic mass is 127. The first-order valence-electron chi connectivity index (χ1n) is 6.42. The molecule has 0 aliphatic heterocycles. The molecule has 1 aliphatic rings. The van der Waals surface area contributed by atoms with Crippen molar-refractivity contribution in [1.29, 1.82) is 0 Å². The SMILES string of the molecule is CC(C)(C)OC(=O)c1cccc(C(F)(I)C2CC2)c1. The zero-order chi connectivity index (χ0) is 14.3. The van der Waals surface area contributed by atoms with Crippen molar-refractivity contribution in [2.24, 2.45) is 5.92 Å². The molecule has 0 heterocycles. The summed E-state index contributed by atoms with van der Waals surface area (Å²) >= 11 is 1.84. The Bertz CT molecular complexity index is 487. The van der Waals surface area contributed by atoms with Gasteiger partial charge in [-0.15, -0.1) is 0 Å². The average molecular weight is 376 g/mol. The highest BCUT2D eigenvalue weighted by Crippen LogP contribution is 2.53. The highest BCUT2D eigenvalue weighted by molar-refractivity contribution is 14.1. The van der Waals surface area contributed by atoms with Gasteiger partial charge in [0.05, 0.1) is 5.56 Å². The Morgan fingerprint density at radius 3 is 2.53 bits per heavy atom. The molecule has 0 spiro atoms. The Morgan fingerprint density at radius 1 is 1.37 bits per heavy atom. The smallest absolute Gasteiger partial charge is 0.338 e. The van der Waals surface area contributed by atoms with Crippen LogP contribution in [0, 0.1) is 5.92 Å². The molecule has 4 heteroatoms. The quantitative estimate of drug-likeness (QED) is 0.438. The fraction of sp³-hybridized carbons (Fsp3) is 0.533. The summed E-state index contributed by atoms with van der Waals surface area (Å²) in [4.78, 5) is 12.0. The molecular formula is C15H18FIO2. The van der Waals surface area contributed by atoms with Crippen molar-refractivity contribution in [2.45, 2.75) is 42.9 Å². The number of esters is 1. The number of rotatable bonds is 3. The Balaban J connectivity index is 2.22. The first-order valence-corrected chi connectivity index (χ1v) is 7.50. The van der Waals surface area contributed by atoms with Crippen LogP contribution in [0.5, 0.6) is 0 Å². The second-order valence-corrected chi connectivity index (χ2v) is 7.55. The summed E-state index contributed by atoms with van der Waals surface area (Å²) in [6.45, 7) is 5.45. The molecule has 0 bridgehead atoms. The van der Waals surface area contributed by atoms with Crippen molar-refractivity contribution in [1.82, 2.24) is 0 Å². The predicted molar refractivity (Wildman–Crippen MR) is 81.1 cm³/mol. The van der Waals surface area contributed by atoms with Gasteiger partial charge in [0, 0.05) is 11.5 Å². The second kappa shape index (κ2) is 5.04. The van der Waals surface area contributed by atoms with Crippen LogP contribution in [0.4, 0.5) is 4.39 Å². The molecule has 19 heavy (non-hydrogen) atoms. The van der Waals surface area contributed by atoms with Gasteiger partial charge in [0.25, 0.3) is 0 Å². The van der Waals surface area contributed by atoms with E-state index >= 15 is 0 Å². The van der Waals surface area contributed by atoms with Crippen molar-refractivity contribution >= 4 is 28.6 Å². The van der Waals surface area contributed by atoms with Gasteiger partial charge in [0.1, 0.15) is 5.60 Å². The fourth-order valence-electron chi connectivity index (χ4n) is 1.87. The first-order chi connectivity index (χ1) is 8.70. The van der Waals surface area contributed by atoms with E-state index < -0.39 is 15.2 Å². The van der Waals surface area contributed by atoms with Crippen LogP contribution in [0.25, 0.3) is 0 Å². The molecule has 1 saturated carbocycles. The van der Waals surface area contributed by atoms with Gasteiger partial charge < -0.3 is 4.74 Å². The van der Waals surface area contributed by atoms with Crippen LogP contribution in [-0.2, 0) is 8.41 Å². The van der Waals surface area contributed by atoms with Gasteiger partial charge >= 0.3 is 5.97 Å². The van der Waals surface area contributed by atoms with Gasteiger partial charge in [-0.25, -0.2) is 9.18 Å². The van der Waals surface area contributed by atoms with E-state index in [1.807, 2.05) is 43.4 Å². The van der Waals surface area contributed by atoms with Gasteiger partial charge in [-0.05, 0) is 68.3 Å². The molecule has 1 aliphatic carbocycles. The minimum atomic E-state index is -1.38. The summed E-state index contributed by atoms with van der Waals surface area (Å²) in [5, 5.41) is 0. The van der Waals surface area contributed by atoms with E-state index in [4.69, 9.17) is 4.74 Å². The van der Waals surface area contributed by atoms with Crippen LogP contribution >= 0.6 is 22.6 Å². The summed E-state index contributed by atoms with van der Waals surface area (Å²) < 4.78 is 18.5. The molecule has 1 aromatic rings. The second-order valence-electron chi connectivity index (χ2n) is 5.98. The van der Waals surface area contributed by atoms with Gasteiger partial charge in [0.2, 0.25) is 0 Å². The minimum Gasteiger partial charge on any atom is -0.456 e. The van der Waals surface area contributed by atoms with Crippen molar-refractivity contribution < 1.29 is 13.9 Å². The van der Waals surface area contributed by atoms with Crippen LogP contribution < -0.4 is 0 Å². The van der Waals surface area contributed by atoms with E-state index in [0.717, 1.165) is 12.8 Å². The summed E-state index contributed by atoms with van der Waals surface area (Å²) in [5.41, 5.74) is 0.423. The third kappa shape index (κ3) is 3.68. The van der Waals surface area contributed by atoms with Crippen molar-refractivity contribution in [3.63, 3.8) is 0 Å². The van der Waals surface area contributed by atoms with Gasteiger partial charge in [-0.2, -0.15) is 0 Å². The molecular weight excluding hydrogens is 358 g/mol. The predicted octanol–water partition coefficient (Wildman–Crippen LogP) is 4.61. The maximum Gasteiger partial charge on any atom is 0.338 e. The number of halogens is 2. The van der Waals surface area contributed by atoms with E-state index in [-0.39, 0.29) is 5.92 Å². The Labute approximate surface area is 126 Å². The molecule has 104 valence electrons. The van der Waals surface area contributed by atoms with Crippen LogP contribution in [0.3, 0.4) is 0 Å². The van der Waals surface area contributed by atoms with Crippen LogP contribution in [0.2, 0.25) is 0 Å². The summed E-state index contributed by atoms with van der Waals surface area (Å²) in [7, 11) is 0. The average Bonchev–Trinajstić information content (AvgIpc) is 3.11. The van der Waals surface area contributed by atoms with E-state index in [1.165, 1.54) is 0 Å². The molecule has 1 atom stereocenters. The van der Waals surface area contributed by atoms with Gasteiger partial charge in [-0.3, -0.25) is 0 Å². The molecule has 1 unspecified atom stereocenters. The summed E-state index contributed by atoms with van der Waals surface area (Å²) in [6.07, 6.45) is 1.83. The molecule has 0 N–H and O–H groups in total.